The Bertz CT molecular complexity index is 761. The van der Waals surface area contributed by atoms with Crippen LogP contribution in [0, 0.1) is 0 Å². The Balaban J connectivity index is 1.42. The van der Waals surface area contributed by atoms with Crippen molar-refractivity contribution in [2.24, 2.45) is 0 Å². The molecule has 0 bridgehead atoms. The number of urea groups is 1. The summed E-state index contributed by atoms with van der Waals surface area (Å²) < 4.78 is 1.77. The predicted molar refractivity (Wildman–Crippen MR) is 98.0 cm³/mol. The molecule has 7 heteroatoms. The normalized spacial score (nSPS) is 20.5. The number of hydrogen-bond acceptors (Lipinski definition) is 3. The number of carbonyl (C=O) groups excluding carboxylic acids is 1. The van der Waals surface area contributed by atoms with E-state index in [1.54, 1.807) is 10.9 Å². The van der Waals surface area contributed by atoms with E-state index in [9.17, 15) is 4.79 Å². The minimum absolute atomic E-state index is 0.0486. The van der Waals surface area contributed by atoms with E-state index in [4.69, 9.17) is 11.6 Å². The van der Waals surface area contributed by atoms with E-state index in [0.29, 0.717) is 23.4 Å². The van der Waals surface area contributed by atoms with E-state index in [1.165, 1.54) is 19.4 Å². The van der Waals surface area contributed by atoms with Crippen LogP contribution in [0.3, 0.4) is 0 Å². The van der Waals surface area contributed by atoms with Gasteiger partial charge >= 0.3 is 6.03 Å². The number of hydrogen-bond donors (Lipinski definition) is 1. The van der Waals surface area contributed by atoms with Crippen molar-refractivity contribution < 1.29 is 4.79 Å². The number of benzene rings is 1. The second-order valence-electron chi connectivity index (χ2n) is 6.67. The van der Waals surface area contributed by atoms with Crippen LogP contribution in [0.4, 0.5) is 10.6 Å². The number of rotatable bonds is 3. The summed E-state index contributed by atoms with van der Waals surface area (Å²) in [7, 11) is 0. The average molecular weight is 360 g/mol. The van der Waals surface area contributed by atoms with Gasteiger partial charge in [0.15, 0.2) is 0 Å². The lowest BCUT2D eigenvalue weighted by atomic mass is 10.2. The van der Waals surface area contributed by atoms with Crippen molar-refractivity contribution in [2.75, 3.05) is 31.5 Å². The Hall–Kier alpha value is -2.05. The van der Waals surface area contributed by atoms with Gasteiger partial charge in [0.25, 0.3) is 0 Å². The molecule has 4 rings (SSSR count). The van der Waals surface area contributed by atoms with Crippen LogP contribution in [-0.4, -0.2) is 57.8 Å². The van der Waals surface area contributed by atoms with Crippen molar-refractivity contribution in [2.45, 2.75) is 25.4 Å². The lowest BCUT2D eigenvalue weighted by Crippen LogP contribution is -2.53. The third-order valence-corrected chi connectivity index (χ3v) is 5.47. The molecule has 2 aliphatic rings. The number of aromatic nitrogens is 2. The fourth-order valence-electron chi connectivity index (χ4n) is 3.72. The monoisotopic (exact) mass is 359 g/mol. The van der Waals surface area contributed by atoms with Gasteiger partial charge in [-0.3, -0.25) is 10.2 Å². The van der Waals surface area contributed by atoms with E-state index >= 15 is 0 Å². The first-order chi connectivity index (χ1) is 12.2. The molecule has 2 amide bonds. The number of fused-ring (bicyclic) bond motifs is 1. The molecule has 2 aromatic rings. The van der Waals surface area contributed by atoms with E-state index in [1.807, 2.05) is 35.2 Å². The maximum Gasteiger partial charge on any atom is 0.323 e. The van der Waals surface area contributed by atoms with E-state index < -0.39 is 0 Å². The summed E-state index contributed by atoms with van der Waals surface area (Å²) in [6.45, 7) is 4.26. The molecular formula is C18H22ClN5O. The topological polar surface area (TPSA) is 53.4 Å². The van der Waals surface area contributed by atoms with Crippen LogP contribution in [0.2, 0.25) is 5.02 Å². The maximum absolute atomic E-state index is 12.7. The largest absolute Gasteiger partial charge is 0.323 e. The number of carbonyl (C=O) groups is 1. The molecule has 132 valence electrons. The molecule has 0 saturated carbocycles. The minimum atomic E-state index is -0.0486. The molecule has 2 fully saturated rings. The number of anilines is 1. The molecular weight excluding hydrogens is 338 g/mol. The lowest BCUT2D eigenvalue weighted by Gasteiger charge is -2.37. The maximum atomic E-state index is 12.7. The fraction of sp³-hybridized carbons (Fsp3) is 0.444. The molecule has 0 unspecified atom stereocenters. The van der Waals surface area contributed by atoms with Gasteiger partial charge in [0.2, 0.25) is 0 Å². The quantitative estimate of drug-likeness (QED) is 0.916. The first-order valence-corrected chi connectivity index (χ1v) is 9.14. The van der Waals surface area contributed by atoms with E-state index in [0.717, 1.165) is 25.2 Å². The molecule has 25 heavy (non-hydrogen) atoms. The Labute approximate surface area is 152 Å². The molecule has 0 aliphatic carbocycles. The molecule has 2 saturated heterocycles. The highest BCUT2D eigenvalue weighted by molar-refractivity contribution is 6.31. The van der Waals surface area contributed by atoms with Gasteiger partial charge in [-0.05, 0) is 31.0 Å². The molecule has 2 aliphatic heterocycles. The summed E-state index contributed by atoms with van der Waals surface area (Å²) in [5.74, 6) is 0.693. The standard InChI is InChI=1S/C18H22ClN5O/c19-16-6-2-1-4-14(16)12-24-17(7-8-20-24)21-18(25)23-11-10-22-9-3-5-15(22)13-23/h1-2,4,6-8,15H,3,5,9-13H2,(H,21,25)/t15-/m0/s1. The Morgan fingerprint density at radius 2 is 2.12 bits per heavy atom. The zero-order chi connectivity index (χ0) is 17.2. The second-order valence-corrected chi connectivity index (χ2v) is 7.08. The lowest BCUT2D eigenvalue weighted by molar-refractivity contribution is 0.124. The molecule has 6 nitrogen and oxygen atoms in total. The fourth-order valence-corrected chi connectivity index (χ4v) is 3.91. The van der Waals surface area contributed by atoms with E-state index in [2.05, 4.69) is 15.3 Å². The van der Waals surface area contributed by atoms with Crippen molar-refractivity contribution in [1.82, 2.24) is 19.6 Å². The van der Waals surface area contributed by atoms with Crippen molar-refractivity contribution in [1.29, 1.82) is 0 Å². The highest BCUT2D eigenvalue weighted by atomic mass is 35.5. The van der Waals surface area contributed by atoms with Crippen LogP contribution in [0.1, 0.15) is 18.4 Å². The molecule has 1 atom stereocenters. The molecule has 0 radical (unpaired) electrons. The van der Waals surface area contributed by atoms with Crippen LogP contribution < -0.4 is 5.32 Å². The van der Waals surface area contributed by atoms with Crippen molar-refractivity contribution >= 4 is 23.4 Å². The van der Waals surface area contributed by atoms with Crippen LogP contribution >= 0.6 is 11.6 Å². The van der Waals surface area contributed by atoms with Gasteiger partial charge in [-0.1, -0.05) is 29.8 Å². The van der Waals surface area contributed by atoms with Crippen LogP contribution in [-0.2, 0) is 6.54 Å². The third kappa shape index (κ3) is 3.50. The summed E-state index contributed by atoms with van der Waals surface area (Å²) >= 11 is 6.23. The number of halogens is 1. The first-order valence-electron chi connectivity index (χ1n) is 8.76. The SMILES string of the molecule is O=C(Nc1ccnn1Cc1ccccc1Cl)N1CCN2CCC[C@H]2C1. The second kappa shape index (κ2) is 7.06. The van der Waals surface area contributed by atoms with Gasteiger partial charge < -0.3 is 4.90 Å². The highest BCUT2D eigenvalue weighted by Gasteiger charge is 2.32. The van der Waals surface area contributed by atoms with Crippen LogP contribution in [0.5, 0.6) is 0 Å². The van der Waals surface area contributed by atoms with Gasteiger partial charge in [0.1, 0.15) is 5.82 Å². The van der Waals surface area contributed by atoms with Gasteiger partial charge in [0, 0.05) is 36.8 Å². The Kier molecular flexibility index (Phi) is 4.63. The summed E-state index contributed by atoms with van der Waals surface area (Å²) in [6, 6.07) is 9.97. The van der Waals surface area contributed by atoms with Crippen molar-refractivity contribution in [3.63, 3.8) is 0 Å². The van der Waals surface area contributed by atoms with Gasteiger partial charge in [0.05, 0.1) is 12.7 Å². The predicted octanol–water partition coefficient (Wildman–Crippen LogP) is 2.90. The number of nitrogens with zero attached hydrogens (tertiary/aromatic N) is 4. The number of amides is 2. The summed E-state index contributed by atoms with van der Waals surface area (Å²) in [6.07, 6.45) is 4.13. The van der Waals surface area contributed by atoms with Gasteiger partial charge in [-0.15, -0.1) is 0 Å². The van der Waals surface area contributed by atoms with Crippen LogP contribution in [0.15, 0.2) is 36.5 Å². The van der Waals surface area contributed by atoms with Gasteiger partial charge in [-0.25, -0.2) is 9.48 Å². The smallest absolute Gasteiger partial charge is 0.322 e. The summed E-state index contributed by atoms with van der Waals surface area (Å²) in [5.41, 5.74) is 0.975. The molecule has 3 heterocycles. The Morgan fingerprint density at radius 1 is 1.24 bits per heavy atom. The summed E-state index contributed by atoms with van der Waals surface area (Å²) in [5, 5.41) is 8.03. The van der Waals surface area contributed by atoms with Crippen molar-refractivity contribution in [3.8, 4) is 0 Å². The average Bonchev–Trinajstić information content (AvgIpc) is 3.25. The number of piperazine rings is 1. The minimum Gasteiger partial charge on any atom is -0.322 e. The molecule has 1 N–H and O–H groups in total. The van der Waals surface area contributed by atoms with Crippen LogP contribution in [0.25, 0.3) is 0 Å². The number of nitrogens with one attached hydrogen (secondary N) is 1. The first kappa shape index (κ1) is 16.4. The van der Waals surface area contributed by atoms with Gasteiger partial charge in [-0.2, -0.15) is 5.10 Å². The zero-order valence-electron chi connectivity index (χ0n) is 14.1. The zero-order valence-corrected chi connectivity index (χ0v) is 14.8. The Morgan fingerprint density at radius 3 is 3.00 bits per heavy atom. The third-order valence-electron chi connectivity index (χ3n) is 5.10. The molecule has 0 spiro atoms. The molecule has 1 aromatic carbocycles. The highest BCUT2D eigenvalue weighted by Crippen LogP contribution is 2.22. The van der Waals surface area contributed by atoms with E-state index in [-0.39, 0.29) is 6.03 Å². The summed E-state index contributed by atoms with van der Waals surface area (Å²) in [4.78, 5) is 17.1. The molecule has 1 aromatic heterocycles. The van der Waals surface area contributed by atoms with Crippen molar-refractivity contribution in [3.05, 3.63) is 47.1 Å².